The molecule has 10 nitrogen and oxygen atoms in total. The number of hydrogen-bond acceptors (Lipinski definition) is 10. The normalized spacial score (nSPS) is 23.9. The molecular formula is C41H51ClF3N3O7S. The van der Waals surface area contributed by atoms with Crippen LogP contribution in [0.1, 0.15) is 93.5 Å². The van der Waals surface area contributed by atoms with Crippen molar-refractivity contribution < 1.29 is 44.8 Å². The van der Waals surface area contributed by atoms with Crippen molar-refractivity contribution >= 4 is 33.4 Å². The maximum absolute atomic E-state index is 13.6. The molecule has 3 aliphatic rings. The SMILES string of the molecule is CNCCCOc1cc2c(cc1OS(=O)(=O)C(F)(F)F)C[C@H](C[C@@H](C)COc1ccnc3c1[C@H](C)CCC3)C21CCC(Nc2cccc(Cl)c2)(C(=O)OC)CC1. The van der Waals surface area contributed by atoms with Crippen molar-refractivity contribution in [1.82, 2.24) is 10.3 Å². The van der Waals surface area contributed by atoms with Crippen molar-refractivity contribution in [3.63, 3.8) is 0 Å². The number of anilines is 1. The molecule has 0 bridgehead atoms. The number of halogens is 4. The van der Waals surface area contributed by atoms with Crippen LogP contribution in [-0.4, -0.2) is 64.3 Å². The van der Waals surface area contributed by atoms with E-state index in [4.69, 9.17) is 30.0 Å². The Bertz CT molecular complexity index is 1990. The Labute approximate surface area is 332 Å². The highest BCUT2D eigenvalue weighted by Gasteiger charge is 2.55. The summed E-state index contributed by atoms with van der Waals surface area (Å²) in [6.07, 6.45) is 8.36. The van der Waals surface area contributed by atoms with Gasteiger partial charge in [0.25, 0.3) is 0 Å². The zero-order chi connectivity index (χ0) is 40.3. The highest BCUT2D eigenvalue weighted by atomic mass is 35.5. The van der Waals surface area contributed by atoms with Crippen LogP contribution in [0.5, 0.6) is 17.2 Å². The molecule has 2 aromatic carbocycles. The van der Waals surface area contributed by atoms with Crippen molar-refractivity contribution in [2.75, 3.05) is 39.2 Å². The largest absolute Gasteiger partial charge is 0.534 e. The number of carbonyl (C=O) groups excluding carboxylic acids is 1. The number of alkyl halides is 3. The molecule has 1 aromatic heterocycles. The van der Waals surface area contributed by atoms with Crippen LogP contribution in [0.25, 0.3) is 0 Å². The van der Waals surface area contributed by atoms with E-state index in [9.17, 15) is 26.4 Å². The summed E-state index contributed by atoms with van der Waals surface area (Å²) >= 11 is 6.30. The van der Waals surface area contributed by atoms with Crippen LogP contribution < -0.4 is 24.3 Å². The monoisotopic (exact) mass is 821 g/mol. The van der Waals surface area contributed by atoms with Crippen molar-refractivity contribution in [3.05, 3.63) is 76.1 Å². The highest BCUT2D eigenvalue weighted by Crippen LogP contribution is 2.58. The first-order chi connectivity index (χ1) is 26.6. The average Bonchev–Trinajstić information content (AvgIpc) is 3.43. The Kier molecular flexibility index (Phi) is 12.7. The number of nitrogens with zero attached hydrogens (tertiary/aromatic N) is 1. The first-order valence-corrected chi connectivity index (χ1v) is 21.1. The number of pyridine rings is 1. The van der Waals surface area contributed by atoms with Gasteiger partial charge in [0, 0.05) is 28.2 Å². The number of methoxy groups -OCH3 is 1. The Balaban J connectivity index is 1.34. The van der Waals surface area contributed by atoms with E-state index >= 15 is 0 Å². The number of aryl methyl sites for hydroxylation is 1. The fourth-order valence-electron chi connectivity index (χ4n) is 9.07. The first kappa shape index (κ1) is 41.9. The van der Waals surface area contributed by atoms with Gasteiger partial charge < -0.3 is 29.0 Å². The van der Waals surface area contributed by atoms with Crippen LogP contribution in [-0.2, 0) is 37.9 Å². The number of hydrogen-bond donors (Lipinski definition) is 2. The number of nitrogens with one attached hydrogen (secondary N) is 2. The van der Waals surface area contributed by atoms with Crippen LogP contribution >= 0.6 is 11.6 Å². The molecule has 0 radical (unpaired) electrons. The van der Waals surface area contributed by atoms with Crippen LogP contribution in [0.3, 0.4) is 0 Å². The third-order valence-corrected chi connectivity index (χ3v) is 13.0. The second-order valence-corrected chi connectivity index (χ2v) is 17.6. The van der Waals surface area contributed by atoms with Crippen LogP contribution in [0.4, 0.5) is 18.9 Å². The molecule has 56 heavy (non-hydrogen) atoms. The molecule has 1 heterocycles. The van der Waals surface area contributed by atoms with E-state index in [-0.39, 0.29) is 24.2 Å². The van der Waals surface area contributed by atoms with E-state index in [0.717, 1.165) is 41.8 Å². The summed E-state index contributed by atoms with van der Waals surface area (Å²) in [4.78, 5) is 18.2. The van der Waals surface area contributed by atoms with E-state index in [1.807, 2.05) is 12.1 Å². The smallest absolute Gasteiger partial charge is 0.493 e. The van der Waals surface area contributed by atoms with Gasteiger partial charge in [-0.3, -0.25) is 4.98 Å². The summed E-state index contributed by atoms with van der Waals surface area (Å²) in [6.45, 7) is 5.44. The van der Waals surface area contributed by atoms with Crippen molar-refractivity contribution in [1.29, 1.82) is 0 Å². The van der Waals surface area contributed by atoms with Gasteiger partial charge in [-0.05, 0) is 148 Å². The number of esters is 1. The first-order valence-electron chi connectivity index (χ1n) is 19.3. The minimum atomic E-state index is -5.98. The summed E-state index contributed by atoms with van der Waals surface area (Å²) in [7, 11) is -2.86. The summed E-state index contributed by atoms with van der Waals surface area (Å²) < 4.78 is 88.0. The molecule has 2 N–H and O–H groups in total. The van der Waals surface area contributed by atoms with E-state index in [2.05, 4.69) is 29.5 Å². The molecule has 15 heteroatoms. The molecular weight excluding hydrogens is 771 g/mol. The van der Waals surface area contributed by atoms with Crippen molar-refractivity contribution in [2.24, 2.45) is 11.8 Å². The van der Waals surface area contributed by atoms with Gasteiger partial charge in [-0.1, -0.05) is 31.5 Å². The van der Waals surface area contributed by atoms with Gasteiger partial charge in [-0.2, -0.15) is 21.6 Å². The standard InChI is InChI=1S/C41H51ClF3N3O7S/c1-26(25-54-34-12-18-47-33-11-5-8-27(2)37(33)34)20-29-21-28-22-36(55-56(50,51)41(43,44)45)35(53-19-7-17-46-3)24-32(28)39(29)13-15-40(16-14-39,38(49)52-4)48-31-10-6-9-30(42)23-31/h6,9-10,12,18,22-24,26-27,29,46,48H,5,7-8,11,13-17,19-21,25H2,1-4H3/t26-,27-,29+,39?,40?/m1/s1. The molecule has 1 fully saturated rings. The Morgan fingerprint density at radius 2 is 1.84 bits per heavy atom. The fourth-order valence-corrected chi connectivity index (χ4v) is 9.72. The maximum atomic E-state index is 13.6. The predicted octanol–water partition coefficient (Wildman–Crippen LogP) is 8.50. The lowest BCUT2D eigenvalue weighted by Crippen LogP contribution is -2.53. The van der Waals surface area contributed by atoms with Gasteiger partial charge in [-0.25, -0.2) is 4.79 Å². The van der Waals surface area contributed by atoms with Gasteiger partial charge in [0.05, 0.1) is 20.3 Å². The van der Waals surface area contributed by atoms with Gasteiger partial charge in [-0.15, -0.1) is 0 Å². The minimum absolute atomic E-state index is 0.0326. The molecule has 3 aliphatic carbocycles. The molecule has 0 unspecified atom stereocenters. The molecule has 3 atom stereocenters. The lowest BCUT2D eigenvalue weighted by Gasteiger charge is -2.47. The number of ether oxygens (including phenoxy) is 3. The lowest BCUT2D eigenvalue weighted by molar-refractivity contribution is -0.148. The highest BCUT2D eigenvalue weighted by molar-refractivity contribution is 7.88. The van der Waals surface area contributed by atoms with Gasteiger partial charge in [0.2, 0.25) is 0 Å². The minimum Gasteiger partial charge on any atom is -0.493 e. The van der Waals surface area contributed by atoms with Crippen molar-refractivity contribution in [3.8, 4) is 17.2 Å². The zero-order valence-corrected chi connectivity index (χ0v) is 33.8. The quantitative estimate of drug-likeness (QED) is 0.0668. The number of benzene rings is 2. The second kappa shape index (κ2) is 17.0. The Morgan fingerprint density at radius 3 is 2.54 bits per heavy atom. The van der Waals surface area contributed by atoms with E-state index < -0.39 is 38.3 Å². The van der Waals surface area contributed by atoms with E-state index in [1.54, 1.807) is 37.5 Å². The Morgan fingerprint density at radius 1 is 1.07 bits per heavy atom. The summed E-state index contributed by atoms with van der Waals surface area (Å²) in [5.74, 6) is 0.223. The van der Waals surface area contributed by atoms with Crippen LogP contribution in [0.15, 0.2) is 48.7 Å². The van der Waals surface area contributed by atoms with Crippen molar-refractivity contribution in [2.45, 2.75) is 100 Å². The van der Waals surface area contributed by atoms with E-state index in [0.29, 0.717) is 80.3 Å². The lowest BCUT2D eigenvalue weighted by atomic mass is 9.59. The van der Waals surface area contributed by atoms with Gasteiger partial charge in [0.1, 0.15) is 11.3 Å². The van der Waals surface area contributed by atoms with Gasteiger partial charge >= 0.3 is 21.6 Å². The molecule has 0 saturated heterocycles. The molecule has 0 aliphatic heterocycles. The second-order valence-electron chi connectivity index (χ2n) is 15.6. The van der Waals surface area contributed by atoms with Gasteiger partial charge in [0.15, 0.2) is 11.5 Å². The third-order valence-electron chi connectivity index (χ3n) is 11.8. The summed E-state index contributed by atoms with van der Waals surface area (Å²) in [5.41, 5.74) is -2.78. The number of fused-ring (bicyclic) bond motifs is 3. The predicted molar refractivity (Wildman–Crippen MR) is 208 cm³/mol. The van der Waals surface area contributed by atoms with E-state index in [1.165, 1.54) is 13.2 Å². The number of aromatic nitrogens is 1. The number of carbonyl (C=O) groups is 1. The summed E-state index contributed by atoms with van der Waals surface area (Å²) in [5, 5.41) is 6.94. The maximum Gasteiger partial charge on any atom is 0.534 e. The van der Waals surface area contributed by atoms with Crippen LogP contribution in [0, 0.1) is 11.8 Å². The van der Waals surface area contributed by atoms with Crippen LogP contribution in [0.2, 0.25) is 5.02 Å². The Hall–Kier alpha value is -3.75. The fraction of sp³-hybridized carbons (Fsp3) is 0.561. The molecule has 306 valence electrons. The number of rotatable bonds is 15. The third kappa shape index (κ3) is 8.72. The molecule has 1 saturated carbocycles. The molecule has 3 aromatic rings. The average molecular weight is 822 g/mol. The molecule has 6 rings (SSSR count). The topological polar surface area (TPSA) is 125 Å². The summed E-state index contributed by atoms with van der Waals surface area (Å²) in [6, 6.07) is 12.1. The zero-order valence-electron chi connectivity index (χ0n) is 32.3. The molecule has 0 amide bonds. The molecule has 1 spiro atoms.